The van der Waals surface area contributed by atoms with Crippen LogP contribution in [0.25, 0.3) is 5.65 Å². The molecule has 1 aromatic carbocycles. The van der Waals surface area contributed by atoms with E-state index in [1.807, 2.05) is 25.4 Å². The van der Waals surface area contributed by atoms with Gasteiger partial charge in [-0.25, -0.2) is 9.50 Å². The molecule has 2 aromatic heterocycles. The summed E-state index contributed by atoms with van der Waals surface area (Å²) in [5, 5.41) is 14.1. The summed E-state index contributed by atoms with van der Waals surface area (Å²) in [7, 11) is 1.81. The minimum Gasteiger partial charge on any atom is -0.508 e. The molecule has 25 heavy (non-hydrogen) atoms. The van der Waals surface area contributed by atoms with Crippen molar-refractivity contribution in [1.82, 2.24) is 19.5 Å². The molecule has 1 atom stereocenters. The first-order valence-corrected chi connectivity index (χ1v) is 8.23. The van der Waals surface area contributed by atoms with E-state index in [1.165, 1.54) is 6.07 Å². The Hall–Kier alpha value is -3.09. The van der Waals surface area contributed by atoms with Crippen molar-refractivity contribution in [2.75, 3.05) is 25.0 Å². The summed E-state index contributed by atoms with van der Waals surface area (Å²) in [4.78, 5) is 20.8. The Balaban J connectivity index is 1.48. The molecule has 0 spiro atoms. The molecule has 4 rings (SSSR count). The number of aromatic nitrogens is 3. The number of carbonyl (C=O) groups excluding carboxylic acids is 1. The topological polar surface area (TPSA) is 74.0 Å². The molecule has 1 amide bonds. The average Bonchev–Trinajstić information content (AvgIpc) is 3.29. The molecule has 128 valence electrons. The molecular formula is C18H19N5O2. The van der Waals surface area contributed by atoms with Crippen LogP contribution in [0.15, 0.2) is 48.8 Å². The number of phenolic OH excluding ortho intramolecular Hbond substituents is 1. The number of hydrogen-bond donors (Lipinski definition) is 1. The van der Waals surface area contributed by atoms with Gasteiger partial charge in [0.2, 0.25) is 0 Å². The van der Waals surface area contributed by atoms with Gasteiger partial charge in [-0.15, -0.1) is 5.10 Å². The van der Waals surface area contributed by atoms with Crippen LogP contribution in [0.2, 0.25) is 0 Å². The van der Waals surface area contributed by atoms with Crippen molar-refractivity contribution in [3.8, 4) is 5.75 Å². The number of aromatic hydroxyl groups is 1. The fourth-order valence-corrected chi connectivity index (χ4v) is 3.25. The van der Waals surface area contributed by atoms with Gasteiger partial charge in [0.25, 0.3) is 5.91 Å². The van der Waals surface area contributed by atoms with E-state index in [9.17, 15) is 9.90 Å². The van der Waals surface area contributed by atoms with E-state index in [4.69, 9.17) is 0 Å². The predicted octanol–water partition coefficient (Wildman–Crippen LogP) is 1.79. The van der Waals surface area contributed by atoms with Crippen LogP contribution >= 0.6 is 0 Å². The fourth-order valence-electron chi connectivity index (χ4n) is 3.25. The van der Waals surface area contributed by atoms with Crippen LogP contribution in [0, 0.1) is 0 Å². The first kappa shape index (κ1) is 15.4. The lowest BCUT2D eigenvalue weighted by molar-refractivity contribution is 0.0744. The number of phenols is 1. The van der Waals surface area contributed by atoms with Gasteiger partial charge in [-0.1, -0.05) is 6.07 Å². The van der Waals surface area contributed by atoms with Crippen LogP contribution in [0.1, 0.15) is 16.8 Å². The number of carbonyl (C=O) groups is 1. The summed E-state index contributed by atoms with van der Waals surface area (Å²) < 4.78 is 1.75. The van der Waals surface area contributed by atoms with E-state index in [0.29, 0.717) is 5.56 Å². The highest BCUT2D eigenvalue weighted by molar-refractivity contribution is 5.94. The third-order valence-electron chi connectivity index (χ3n) is 4.69. The zero-order valence-corrected chi connectivity index (χ0v) is 13.9. The third kappa shape index (κ3) is 2.88. The first-order valence-electron chi connectivity index (χ1n) is 8.23. The van der Waals surface area contributed by atoms with Gasteiger partial charge in [-0.2, -0.15) is 0 Å². The number of fused-ring (bicyclic) bond motifs is 1. The molecular weight excluding hydrogens is 318 g/mol. The number of hydrogen-bond acceptors (Lipinski definition) is 5. The van der Waals surface area contributed by atoms with Gasteiger partial charge in [0, 0.05) is 38.1 Å². The zero-order chi connectivity index (χ0) is 17.4. The zero-order valence-electron chi connectivity index (χ0n) is 13.9. The Bertz CT molecular complexity index is 922. The largest absolute Gasteiger partial charge is 0.508 e. The summed E-state index contributed by atoms with van der Waals surface area (Å²) in [5.74, 6) is 0.900. The molecule has 1 N–H and O–H groups in total. The lowest BCUT2D eigenvalue weighted by Crippen LogP contribution is -2.39. The Morgan fingerprint density at radius 3 is 3.04 bits per heavy atom. The summed E-state index contributed by atoms with van der Waals surface area (Å²) in [6.07, 6.45) is 4.43. The van der Waals surface area contributed by atoms with E-state index in [-0.39, 0.29) is 17.7 Å². The standard InChI is InChI=1S/C18H19N5O2/c1-21(18(25)13-3-2-4-15(24)11-13)14-7-9-22(12-14)17-6-5-16-19-8-10-23(16)20-17/h2-6,8,10-11,14,24H,7,9,12H2,1H3/t14-/m0/s1. The molecule has 0 saturated carbocycles. The van der Waals surface area contributed by atoms with Crippen molar-refractivity contribution in [3.63, 3.8) is 0 Å². The molecule has 7 heteroatoms. The van der Waals surface area contributed by atoms with Crippen LogP contribution in [-0.2, 0) is 0 Å². The first-order chi connectivity index (χ1) is 12.1. The van der Waals surface area contributed by atoms with Crippen molar-refractivity contribution in [3.05, 3.63) is 54.4 Å². The number of amides is 1. The second kappa shape index (κ2) is 6.08. The number of benzene rings is 1. The monoisotopic (exact) mass is 337 g/mol. The van der Waals surface area contributed by atoms with Crippen LogP contribution < -0.4 is 4.90 Å². The Morgan fingerprint density at radius 1 is 1.32 bits per heavy atom. The van der Waals surface area contributed by atoms with Crippen molar-refractivity contribution >= 4 is 17.4 Å². The number of imidazole rings is 1. The Kier molecular flexibility index (Phi) is 3.76. The second-order valence-corrected chi connectivity index (χ2v) is 6.28. The minimum absolute atomic E-state index is 0.0826. The van der Waals surface area contributed by atoms with E-state index >= 15 is 0 Å². The summed E-state index contributed by atoms with van der Waals surface area (Å²) in [6.45, 7) is 1.57. The Morgan fingerprint density at radius 2 is 2.20 bits per heavy atom. The molecule has 1 aliphatic heterocycles. The van der Waals surface area contributed by atoms with Crippen LogP contribution in [0.5, 0.6) is 5.75 Å². The highest BCUT2D eigenvalue weighted by Gasteiger charge is 2.29. The minimum atomic E-state index is -0.0826. The van der Waals surface area contributed by atoms with Gasteiger partial charge in [-0.3, -0.25) is 4.79 Å². The summed E-state index contributed by atoms with van der Waals surface area (Å²) in [6, 6.07) is 10.5. The lowest BCUT2D eigenvalue weighted by Gasteiger charge is -2.25. The normalized spacial score (nSPS) is 17.2. The molecule has 3 heterocycles. The SMILES string of the molecule is CN(C(=O)c1cccc(O)c1)[C@H]1CCN(c2ccc3nccn3n2)C1. The maximum atomic E-state index is 12.6. The van der Waals surface area contributed by atoms with E-state index in [2.05, 4.69) is 15.0 Å². The molecule has 0 radical (unpaired) electrons. The van der Waals surface area contributed by atoms with Crippen molar-refractivity contribution in [2.24, 2.45) is 0 Å². The van der Waals surface area contributed by atoms with Crippen molar-refractivity contribution in [2.45, 2.75) is 12.5 Å². The molecule has 3 aromatic rings. The third-order valence-corrected chi connectivity index (χ3v) is 4.69. The number of nitrogens with zero attached hydrogens (tertiary/aromatic N) is 5. The summed E-state index contributed by atoms with van der Waals surface area (Å²) in [5.41, 5.74) is 1.31. The Labute approximate surface area is 145 Å². The molecule has 1 aliphatic rings. The lowest BCUT2D eigenvalue weighted by atomic mass is 10.1. The quantitative estimate of drug-likeness (QED) is 0.789. The number of rotatable bonds is 3. The molecule has 7 nitrogen and oxygen atoms in total. The average molecular weight is 337 g/mol. The van der Waals surface area contributed by atoms with Crippen LogP contribution in [-0.4, -0.2) is 56.7 Å². The van der Waals surface area contributed by atoms with E-state index < -0.39 is 0 Å². The maximum Gasteiger partial charge on any atom is 0.254 e. The number of anilines is 1. The smallest absolute Gasteiger partial charge is 0.254 e. The van der Waals surface area contributed by atoms with Gasteiger partial charge < -0.3 is 14.9 Å². The second-order valence-electron chi connectivity index (χ2n) is 6.28. The molecule has 0 unspecified atom stereocenters. The van der Waals surface area contributed by atoms with Gasteiger partial charge in [-0.05, 0) is 36.8 Å². The van der Waals surface area contributed by atoms with Gasteiger partial charge >= 0.3 is 0 Å². The van der Waals surface area contributed by atoms with E-state index in [0.717, 1.165) is 31.0 Å². The molecule has 1 fully saturated rings. The highest BCUT2D eigenvalue weighted by atomic mass is 16.3. The molecule has 0 bridgehead atoms. The fraction of sp³-hybridized carbons (Fsp3) is 0.278. The summed E-state index contributed by atoms with van der Waals surface area (Å²) >= 11 is 0. The predicted molar refractivity (Wildman–Crippen MR) is 93.8 cm³/mol. The van der Waals surface area contributed by atoms with Crippen LogP contribution in [0.3, 0.4) is 0 Å². The highest BCUT2D eigenvalue weighted by Crippen LogP contribution is 2.22. The maximum absolute atomic E-state index is 12.6. The van der Waals surface area contributed by atoms with Gasteiger partial charge in [0.05, 0.1) is 6.04 Å². The molecule has 1 saturated heterocycles. The van der Waals surface area contributed by atoms with Crippen molar-refractivity contribution in [1.29, 1.82) is 0 Å². The van der Waals surface area contributed by atoms with Crippen molar-refractivity contribution < 1.29 is 9.90 Å². The number of likely N-dealkylation sites (N-methyl/N-ethyl adjacent to an activating group) is 1. The van der Waals surface area contributed by atoms with Crippen LogP contribution in [0.4, 0.5) is 5.82 Å². The van der Waals surface area contributed by atoms with Gasteiger partial charge in [0.15, 0.2) is 5.65 Å². The molecule has 0 aliphatic carbocycles. The van der Waals surface area contributed by atoms with Gasteiger partial charge in [0.1, 0.15) is 11.6 Å². The van der Waals surface area contributed by atoms with E-state index in [1.54, 1.807) is 33.8 Å².